The topological polar surface area (TPSA) is 41.1 Å². The van der Waals surface area contributed by atoms with E-state index in [1.165, 1.54) is 11.1 Å². The second-order valence-corrected chi connectivity index (χ2v) is 6.33. The molecule has 3 nitrogen and oxygen atoms in total. The van der Waals surface area contributed by atoms with Crippen molar-refractivity contribution < 1.29 is 4.79 Å². The van der Waals surface area contributed by atoms with Crippen LogP contribution in [0.3, 0.4) is 0 Å². The summed E-state index contributed by atoms with van der Waals surface area (Å²) >= 11 is 0. The number of hydrogen-bond donors (Lipinski definition) is 2. The van der Waals surface area contributed by atoms with E-state index in [2.05, 4.69) is 55.7 Å². The van der Waals surface area contributed by atoms with Crippen molar-refractivity contribution in [2.24, 2.45) is 0 Å². The summed E-state index contributed by atoms with van der Waals surface area (Å²) in [6, 6.07) is 8.77. The predicted octanol–water partition coefficient (Wildman–Crippen LogP) is 3.34. The van der Waals surface area contributed by atoms with Gasteiger partial charge in [0.15, 0.2) is 0 Å². The van der Waals surface area contributed by atoms with Crippen molar-refractivity contribution in [2.45, 2.75) is 57.9 Å². The van der Waals surface area contributed by atoms with Crippen molar-refractivity contribution in [3.8, 4) is 0 Å². The summed E-state index contributed by atoms with van der Waals surface area (Å²) in [7, 11) is 0. The minimum absolute atomic E-state index is 0. The smallest absolute Gasteiger partial charge is 0.230 e. The zero-order chi connectivity index (χ0) is 15.3. The number of halogens is 1. The van der Waals surface area contributed by atoms with Gasteiger partial charge in [-0.25, -0.2) is 0 Å². The number of nitrogens with one attached hydrogen (secondary N) is 2. The van der Waals surface area contributed by atoms with Crippen LogP contribution in [0.2, 0.25) is 0 Å². The molecule has 0 saturated heterocycles. The molecule has 0 spiro atoms. The molecule has 2 rings (SSSR count). The Balaban J connectivity index is 0.00000242. The van der Waals surface area contributed by atoms with E-state index < -0.39 is 0 Å². The van der Waals surface area contributed by atoms with Crippen molar-refractivity contribution in [1.82, 2.24) is 10.6 Å². The number of carbonyl (C=O) groups is 1. The first-order valence-corrected chi connectivity index (χ1v) is 8.17. The third-order valence-electron chi connectivity index (χ3n) is 4.58. The molecule has 0 heterocycles. The summed E-state index contributed by atoms with van der Waals surface area (Å²) in [5, 5.41) is 6.50. The molecule has 124 valence electrons. The predicted molar refractivity (Wildman–Crippen MR) is 94.7 cm³/mol. The van der Waals surface area contributed by atoms with Crippen molar-refractivity contribution in [2.75, 3.05) is 13.1 Å². The third kappa shape index (κ3) is 4.23. The molecular weight excluding hydrogens is 296 g/mol. The number of hydrogen-bond acceptors (Lipinski definition) is 2. The van der Waals surface area contributed by atoms with E-state index in [1.807, 2.05) is 0 Å². The van der Waals surface area contributed by atoms with Crippen molar-refractivity contribution in [3.63, 3.8) is 0 Å². The number of aryl methyl sites for hydroxylation is 1. The van der Waals surface area contributed by atoms with Gasteiger partial charge in [-0.1, -0.05) is 49.6 Å². The lowest BCUT2D eigenvalue weighted by Crippen LogP contribution is -2.47. The van der Waals surface area contributed by atoms with Gasteiger partial charge in [0, 0.05) is 12.6 Å². The molecule has 2 N–H and O–H groups in total. The molecule has 1 aromatic rings. The van der Waals surface area contributed by atoms with Gasteiger partial charge in [-0.05, 0) is 38.8 Å². The van der Waals surface area contributed by atoms with Gasteiger partial charge in [-0.15, -0.1) is 12.4 Å². The quantitative estimate of drug-likeness (QED) is 0.842. The van der Waals surface area contributed by atoms with Gasteiger partial charge in [-0.3, -0.25) is 4.79 Å². The van der Waals surface area contributed by atoms with Crippen LogP contribution in [0, 0.1) is 6.92 Å². The second kappa shape index (κ2) is 8.54. The normalized spacial score (nSPS) is 17.6. The van der Waals surface area contributed by atoms with Crippen LogP contribution < -0.4 is 10.6 Å². The Bertz CT molecular complexity index is 484. The zero-order valence-electron chi connectivity index (χ0n) is 13.9. The molecule has 1 aromatic carbocycles. The maximum atomic E-state index is 12.8. The molecule has 0 aliphatic heterocycles. The first-order valence-electron chi connectivity index (χ1n) is 8.17. The molecule has 1 saturated carbocycles. The highest BCUT2D eigenvalue weighted by molar-refractivity contribution is 5.88. The van der Waals surface area contributed by atoms with Crippen LogP contribution in [0.5, 0.6) is 0 Å². The van der Waals surface area contributed by atoms with Gasteiger partial charge in [0.2, 0.25) is 5.91 Å². The molecule has 1 aliphatic rings. The second-order valence-electron chi connectivity index (χ2n) is 6.33. The molecule has 22 heavy (non-hydrogen) atoms. The van der Waals surface area contributed by atoms with E-state index in [0.29, 0.717) is 12.6 Å². The molecule has 0 unspecified atom stereocenters. The van der Waals surface area contributed by atoms with E-state index in [0.717, 1.165) is 32.2 Å². The Morgan fingerprint density at radius 3 is 2.59 bits per heavy atom. The molecule has 4 heteroatoms. The van der Waals surface area contributed by atoms with Gasteiger partial charge in [0.1, 0.15) is 0 Å². The van der Waals surface area contributed by atoms with E-state index in [9.17, 15) is 4.79 Å². The van der Waals surface area contributed by atoms with Crippen LogP contribution in [0.1, 0.15) is 50.7 Å². The molecular formula is C18H29ClN2O. The van der Waals surface area contributed by atoms with E-state index >= 15 is 0 Å². The van der Waals surface area contributed by atoms with Crippen LogP contribution >= 0.6 is 12.4 Å². The largest absolute Gasteiger partial charge is 0.354 e. The Hall–Kier alpha value is -1.06. The Morgan fingerprint density at radius 1 is 1.32 bits per heavy atom. The lowest BCUT2D eigenvalue weighted by Gasteiger charge is -2.29. The molecule has 0 bridgehead atoms. The van der Waals surface area contributed by atoms with Gasteiger partial charge < -0.3 is 10.6 Å². The highest BCUT2D eigenvalue weighted by Crippen LogP contribution is 2.41. The zero-order valence-corrected chi connectivity index (χ0v) is 14.8. The number of rotatable bonds is 6. The summed E-state index contributed by atoms with van der Waals surface area (Å²) in [6.07, 6.45) is 4.23. The lowest BCUT2D eigenvalue weighted by atomic mass is 9.77. The van der Waals surface area contributed by atoms with Gasteiger partial charge in [0.25, 0.3) is 0 Å². The van der Waals surface area contributed by atoms with Crippen molar-refractivity contribution in [1.29, 1.82) is 0 Å². The lowest BCUT2D eigenvalue weighted by molar-refractivity contribution is -0.126. The highest BCUT2D eigenvalue weighted by Gasteiger charge is 2.42. The minimum atomic E-state index is -0.308. The van der Waals surface area contributed by atoms with Crippen LogP contribution in [-0.2, 0) is 10.2 Å². The fraction of sp³-hybridized carbons (Fsp3) is 0.611. The van der Waals surface area contributed by atoms with Crippen LogP contribution in [0.25, 0.3) is 0 Å². The fourth-order valence-electron chi connectivity index (χ4n) is 3.40. The SMILES string of the molecule is CCN[C@H](C)CNC(=O)C1(c2cccc(C)c2)CCCC1.Cl. The monoisotopic (exact) mass is 324 g/mol. The minimum Gasteiger partial charge on any atom is -0.354 e. The molecule has 0 aromatic heterocycles. The number of amides is 1. The fourth-order valence-corrected chi connectivity index (χ4v) is 3.40. The van der Waals surface area contributed by atoms with Crippen LogP contribution in [0.4, 0.5) is 0 Å². The highest BCUT2D eigenvalue weighted by atomic mass is 35.5. The van der Waals surface area contributed by atoms with E-state index in [1.54, 1.807) is 0 Å². The molecule has 1 amide bonds. The Kier molecular flexibility index (Phi) is 7.37. The maximum absolute atomic E-state index is 12.8. The van der Waals surface area contributed by atoms with Crippen molar-refractivity contribution in [3.05, 3.63) is 35.4 Å². The van der Waals surface area contributed by atoms with Gasteiger partial charge in [-0.2, -0.15) is 0 Å². The number of likely N-dealkylation sites (N-methyl/N-ethyl adjacent to an activating group) is 1. The first kappa shape index (κ1) is 19.0. The van der Waals surface area contributed by atoms with E-state index in [-0.39, 0.29) is 23.7 Å². The number of carbonyl (C=O) groups excluding carboxylic acids is 1. The number of benzene rings is 1. The molecule has 1 aliphatic carbocycles. The average molecular weight is 325 g/mol. The van der Waals surface area contributed by atoms with E-state index in [4.69, 9.17) is 0 Å². The maximum Gasteiger partial charge on any atom is 0.230 e. The van der Waals surface area contributed by atoms with Crippen molar-refractivity contribution >= 4 is 18.3 Å². The summed E-state index contributed by atoms with van der Waals surface area (Å²) in [6.45, 7) is 7.92. The first-order chi connectivity index (χ1) is 10.1. The average Bonchev–Trinajstić information content (AvgIpc) is 2.96. The molecule has 1 atom stereocenters. The standard InChI is InChI=1S/C18H28N2O.ClH/c1-4-19-15(3)13-20-17(21)18(10-5-6-11-18)16-9-7-8-14(2)12-16;/h7-9,12,15,19H,4-6,10-11,13H2,1-3H3,(H,20,21);1H/t15-;/m1./s1. The van der Waals surface area contributed by atoms with Gasteiger partial charge in [0.05, 0.1) is 5.41 Å². The van der Waals surface area contributed by atoms with Gasteiger partial charge >= 0.3 is 0 Å². The summed E-state index contributed by atoms with van der Waals surface area (Å²) in [5.41, 5.74) is 2.11. The summed E-state index contributed by atoms with van der Waals surface area (Å²) < 4.78 is 0. The van der Waals surface area contributed by atoms with Crippen LogP contribution in [0.15, 0.2) is 24.3 Å². The molecule has 0 radical (unpaired) electrons. The Morgan fingerprint density at radius 2 is 2.00 bits per heavy atom. The van der Waals surface area contributed by atoms with Crippen LogP contribution in [-0.4, -0.2) is 25.0 Å². The summed E-state index contributed by atoms with van der Waals surface area (Å²) in [5.74, 6) is 0.204. The Labute approximate surface area is 140 Å². The summed E-state index contributed by atoms with van der Waals surface area (Å²) in [4.78, 5) is 12.8. The molecule has 1 fully saturated rings. The third-order valence-corrected chi connectivity index (χ3v) is 4.58.